The first-order valence-electron chi connectivity index (χ1n) is 7.66. The average molecular weight is 314 g/mol. The summed E-state index contributed by atoms with van der Waals surface area (Å²) >= 11 is 0. The highest BCUT2D eigenvalue weighted by atomic mass is 16.5. The van der Waals surface area contributed by atoms with Gasteiger partial charge >= 0.3 is 0 Å². The zero-order valence-electron chi connectivity index (χ0n) is 13.4. The minimum absolute atomic E-state index is 0.182. The van der Waals surface area contributed by atoms with Gasteiger partial charge in [0.15, 0.2) is 0 Å². The van der Waals surface area contributed by atoms with Crippen LogP contribution in [0.25, 0.3) is 0 Å². The van der Waals surface area contributed by atoms with E-state index in [0.717, 1.165) is 5.56 Å². The standard InChI is InChI=1S/C18H22N2O3/c1-13(2)12-23-18-15(9-6-10-19-18)17(22)20-16(11-21)14-7-4-3-5-8-14/h3-10,13,16,21H,11-12H2,1-2H3,(H,20,22)/t16-/m1/s1. The normalized spacial score (nSPS) is 12.0. The van der Waals surface area contributed by atoms with Crippen LogP contribution in [0.15, 0.2) is 48.7 Å². The molecule has 23 heavy (non-hydrogen) atoms. The maximum Gasteiger partial charge on any atom is 0.257 e. The van der Waals surface area contributed by atoms with Gasteiger partial charge in [-0.3, -0.25) is 4.79 Å². The highest BCUT2D eigenvalue weighted by Gasteiger charge is 2.18. The zero-order chi connectivity index (χ0) is 16.7. The smallest absolute Gasteiger partial charge is 0.257 e. The van der Waals surface area contributed by atoms with Crippen molar-refractivity contribution in [1.82, 2.24) is 10.3 Å². The summed E-state index contributed by atoms with van der Waals surface area (Å²) in [6.07, 6.45) is 1.59. The largest absolute Gasteiger partial charge is 0.477 e. The van der Waals surface area contributed by atoms with Gasteiger partial charge < -0.3 is 15.2 Å². The second kappa shape index (κ2) is 8.29. The number of aromatic nitrogens is 1. The molecule has 0 saturated carbocycles. The number of carbonyl (C=O) groups excluding carboxylic acids is 1. The second-order valence-corrected chi connectivity index (χ2v) is 5.68. The third kappa shape index (κ3) is 4.79. The molecule has 122 valence electrons. The molecule has 2 rings (SSSR count). The number of aliphatic hydroxyl groups excluding tert-OH is 1. The van der Waals surface area contributed by atoms with Crippen LogP contribution in [0, 0.1) is 5.92 Å². The minimum atomic E-state index is -0.471. The van der Waals surface area contributed by atoms with Crippen LogP contribution in [-0.2, 0) is 0 Å². The molecule has 1 heterocycles. The fourth-order valence-corrected chi connectivity index (χ4v) is 2.08. The van der Waals surface area contributed by atoms with Crippen LogP contribution < -0.4 is 10.1 Å². The van der Waals surface area contributed by atoms with Crippen molar-refractivity contribution >= 4 is 5.91 Å². The first kappa shape index (κ1) is 17.0. The number of aliphatic hydroxyl groups is 1. The Labute approximate surface area is 136 Å². The Kier molecular flexibility index (Phi) is 6.11. The van der Waals surface area contributed by atoms with E-state index in [0.29, 0.717) is 24.0 Å². The maximum absolute atomic E-state index is 12.5. The van der Waals surface area contributed by atoms with Gasteiger partial charge in [-0.05, 0) is 23.6 Å². The summed E-state index contributed by atoms with van der Waals surface area (Å²) in [6.45, 7) is 4.36. The number of amides is 1. The van der Waals surface area contributed by atoms with Gasteiger partial charge in [0.25, 0.3) is 5.91 Å². The van der Waals surface area contributed by atoms with E-state index in [4.69, 9.17) is 4.74 Å². The van der Waals surface area contributed by atoms with Crippen molar-refractivity contribution in [3.8, 4) is 5.88 Å². The van der Waals surface area contributed by atoms with Crippen molar-refractivity contribution < 1.29 is 14.6 Å². The number of nitrogens with one attached hydrogen (secondary N) is 1. The molecule has 0 radical (unpaired) electrons. The number of benzene rings is 1. The minimum Gasteiger partial charge on any atom is -0.477 e. The molecule has 1 aromatic carbocycles. The summed E-state index contributed by atoms with van der Waals surface area (Å²) in [7, 11) is 0. The quantitative estimate of drug-likeness (QED) is 0.824. The number of rotatable bonds is 7. The monoisotopic (exact) mass is 314 g/mol. The predicted octanol–water partition coefficient (Wildman–Crippen LogP) is 2.58. The maximum atomic E-state index is 12.5. The number of carbonyl (C=O) groups is 1. The fraction of sp³-hybridized carbons (Fsp3) is 0.333. The molecule has 1 aromatic heterocycles. The molecule has 2 aromatic rings. The summed E-state index contributed by atoms with van der Waals surface area (Å²) in [5, 5.41) is 12.4. The topological polar surface area (TPSA) is 71.5 Å². The Bertz CT molecular complexity index is 629. The molecule has 5 nitrogen and oxygen atoms in total. The first-order chi connectivity index (χ1) is 11.1. The molecular weight excluding hydrogens is 292 g/mol. The van der Waals surface area contributed by atoms with Crippen molar-refractivity contribution in [1.29, 1.82) is 0 Å². The highest BCUT2D eigenvalue weighted by molar-refractivity contribution is 5.96. The molecule has 1 atom stereocenters. The molecular formula is C18H22N2O3. The lowest BCUT2D eigenvalue weighted by molar-refractivity contribution is 0.0910. The van der Waals surface area contributed by atoms with Gasteiger partial charge in [-0.15, -0.1) is 0 Å². The van der Waals surface area contributed by atoms with Crippen LogP contribution in [0.5, 0.6) is 5.88 Å². The molecule has 0 aliphatic rings. The van der Waals surface area contributed by atoms with Gasteiger partial charge in [-0.1, -0.05) is 44.2 Å². The number of ether oxygens (including phenoxy) is 1. The van der Waals surface area contributed by atoms with Gasteiger partial charge in [0.2, 0.25) is 5.88 Å². The van der Waals surface area contributed by atoms with Crippen molar-refractivity contribution in [2.24, 2.45) is 5.92 Å². The van der Waals surface area contributed by atoms with Crippen LogP contribution in [-0.4, -0.2) is 29.2 Å². The molecule has 0 fully saturated rings. The van der Waals surface area contributed by atoms with Gasteiger partial charge in [0.05, 0.1) is 19.3 Å². The second-order valence-electron chi connectivity index (χ2n) is 5.68. The lowest BCUT2D eigenvalue weighted by Gasteiger charge is -2.18. The Morgan fingerprint density at radius 1 is 1.22 bits per heavy atom. The van der Waals surface area contributed by atoms with E-state index in [9.17, 15) is 9.90 Å². The SMILES string of the molecule is CC(C)COc1ncccc1C(=O)N[C@H](CO)c1ccccc1. The first-order valence-corrected chi connectivity index (χ1v) is 7.66. The third-order valence-corrected chi connectivity index (χ3v) is 3.26. The predicted molar refractivity (Wildman–Crippen MR) is 88.3 cm³/mol. The van der Waals surface area contributed by atoms with Gasteiger partial charge in [0.1, 0.15) is 5.56 Å². The number of hydrogen-bond acceptors (Lipinski definition) is 4. The van der Waals surface area contributed by atoms with Crippen molar-refractivity contribution in [3.05, 3.63) is 59.8 Å². The highest BCUT2D eigenvalue weighted by Crippen LogP contribution is 2.18. The van der Waals surface area contributed by atoms with E-state index in [-0.39, 0.29) is 12.5 Å². The number of hydrogen-bond donors (Lipinski definition) is 2. The molecule has 2 N–H and O–H groups in total. The zero-order valence-corrected chi connectivity index (χ0v) is 13.4. The number of pyridine rings is 1. The van der Waals surface area contributed by atoms with E-state index in [1.54, 1.807) is 18.3 Å². The Hall–Kier alpha value is -2.40. The van der Waals surface area contributed by atoms with Crippen LogP contribution in [0.4, 0.5) is 0 Å². The number of nitrogens with zero attached hydrogens (tertiary/aromatic N) is 1. The van der Waals surface area contributed by atoms with Crippen molar-refractivity contribution in [2.75, 3.05) is 13.2 Å². The molecule has 0 saturated heterocycles. The van der Waals surface area contributed by atoms with E-state index in [2.05, 4.69) is 10.3 Å². The van der Waals surface area contributed by atoms with E-state index in [1.807, 2.05) is 44.2 Å². The molecule has 0 aliphatic carbocycles. The molecule has 0 unspecified atom stereocenters. The van der Waals surface area contributed by atoms with Crippen LogP contribution in [0.1, 0.15) is 35.8 Å². The van der Waals surface area contributed by atoms with E-state index in [1.165, 1.54) is 0 Å². The Morgan fingerprint density at radius 2 is 1.96 bits per heavy atom. The third-order valence-electron chi connectivity index (χ3n) is 3.26. The van der Waals surface area contributed by atoms with Crippen LogP contribution >= 0.6 is 0 Å². The fourth-order valence-electron chi connectivity index (χ4n) is 2.08. The molecule has 0 aliphatic heterocycles. The summed E-state index contributed by atoms with van der Waals surface area (Å²) in [5.74, 6) is 0.325. The molecule has 0 bridgehead atoms. The van der Waals surface area contributed by atoms with E-state index >= 15 is 0 Å². The Balaban J connectivity index is 2.13. The molecule has 5 heteroatoms. The Morgan fingerprint density at radius 3 is 2.61 bits per heavy atom. The van der Waals surface area contributed by atoms with Crippen LogP contribution in [0.2, 0.25) is 0 Å². The lowest BCUT2D eigenvalue weighted by Crippen LogP contribution is -2.31. The molecule has 0 spiro atoms. The van der Waals surface area contributed by atoms with Gasteiger partial charge in [-0.25, -0.2) is 4.98 Å². The van der Waals surface area contributed by atoms with E-state index < -0.39 is 6.04 Å². The summed E-state index contributed by atoms with van der Waals surface area (Å²) < 4.78 is 5.61. The van der Waals surface area contributed by atoms with Gasteiger partial charge in [-0.2, -0.15) is 0 Å². The van der Waals surface area contributed by atoms with Gasteiger partial charge in [0, 0.05) is 6.20 Å². The average Bonchev–Trinajstić information content (AvgIpc) is 2.58. The van der Waals surface area contributed by atoms with Crippen LogP contribution in [0.3, 0.4) is 0 Å². The summed E-state index contributed by atoms with van der Waals surface area (Å²) in [5.41, 5.74) is 1.21. The summed E-state index contributed by atoms with van der Waals surface area (Å²) in [6, 6.07) is 12.2. The lowest BCUT2D eigenvalue weighted by atomic mass is 10.1. The van der Waals surface area contributed by atoms with Crippen molar-refractivity contribution in [3.63, 3.8) is 0 Å². The molecule has 1 amide bonds. The van der Waals surface area contributed by atoms with Crippen molar-refractivity contribution in [2.45, 2.75) is 19.9 Å². The summed E-state index contributed by atoms with van der Waals surface area (Å²) in [4.78, 5) is 16.6.